The zero-order valence-electron chi connectivity index (χ0n) is 7.50. The molecule has 0 saturated heterocycles. The standard InChI is InChI=1S/C9H6BrN3O2/c10-8-5-7(12-4-3-11-6-12)1-2-9(8)13(14)15/h1-6H. The summed E-state index contributed by atoms with van der Waals surface area (Å²) in [7, 11) is 0. The molecule has 0 spiro atoms. The molecule has 0 radical (unpaired) electrons. The average Bonchev–Trinajstić information content (AvgIpc) is 2.69. The minimum absolute atomic E-state index is 0.0545. The second-order valence-corrected chi connectivity index (χ2v) is 3.72. The molecule has 0 unspecified atom stereocenters. The van der Waals surface area contributed by atoms with Crippen molar-refractivity contribution in [3.63, 3.8) is 0 Å². The van der Waals surface area contributed by atoms with Gasteiger partial charge in [-0.1, -0.05) is 0 Å². The van der Waals surface area contributed by atoms with E-state index in [1.165, 1.54) is 6.07 Å². The van der Waals surface area contributed by atoms with E-state index in [1.54, 1.807) is 35.4 Å². The van der Waals surface area contributed by atoms with E-state index in [1.807, 2.05) is 0 Å². The number of aromatic nitrogens is 2. The van der Waals surface area contributed by atoms with Gasteiger partial charge in [-0.25, -0.2) is 4.98 Å². The molecular formula is C9H6BrN3O2. The number of imidazole rings is 1. The second kappa shape index (κ2) is 3.82. The van der Waals surface area contributed by atoms with Gasteiger partial charge >= 0.3 is 0 Å². The molecule has 0 amide bonds. The maximum Gasteiger partial charge on any atom is 0.283 e. The highest BCUT2D eigenvalue weighted by Crippen LogP contribution is 2.26. The van der Waals surface area contributed by atoms with E-state index in [2.05, 4.69) is 20.9 Å². The molecule has 0 saturated carbocycles. The van der Waals surface area contributed by atoms with Crippen LogP contribution in [0.3, 0.4) is 0 Å². The van der Waals surface area contributed by atoms with Crippen LogP contribution < -0.4 is 0 Å². The molecule has 1 aromatic carbocycles. The summed E-state index contributed by atoms with van der Waals surface area (Å²) in [5.74, 6) is 0. The maximum absolute atomic E-state index is 10.6. The molecule has 0 atom stereocenters. The summed E-state index contributed by atoms with van der Waals surface area (Å²) in [5, 5.41) is 10.6. The van der Waals surface area contributed by atoms with E-state index < -0.39 is 4.92 Å². The highest BCUT2D eigenvalue weighted by atomic mass is 79.9. The molecule has 0 bridgehead atoms. The van der Waals surface area contributed by atoms with E-state index in [-0.39, 0.29) is 5.69 Å². The Balaban J connectivity index is 2.47. The summed E-state index contributed by atoms with van der Waals surface area (Å²) in [6.07, 6.45) is 5.05. The van der Waals surface area contributed by atoms with Crippen molar-refractivity contribution in [2.45, 2.75) is 0 Å². The predicted octanol–water partition coefficient (Wildman–Crippen LogP) is 2.54. The average molecular weight is 268 g/mol. The first kappa shape index (κ1) is 9.85. The Morgan fingerprint density at radius 3 is 2.80 bits per heavy atom. The molecule has 0 aliphatic carbocycles. The Morgan fingerprint density at radius 2 is 2.27 bits per heavy atom. The maximum atomic E-state index is 10.6. The summed E-state index contributed by atoms with van der Waals surface area (Å²) < 4.78 is 2.23. The lowest BCUT2D eigenvalue weighted by Crippen LogP contribution is -1.93. The molecule has 2 rings (SSSR count). The van der Waals surface area contributed by atoms with Gasteiger partial charge in [-0.2, -0.15) is 0 Å². The van der Waals surface area contributed by atoms with Crippen molar-refractivity contribution in [2.24, 2.45) is 0 Å². The van der Waals surface area contributed by atoms with Crippen molar-refractivity contribution in [3.05, 3.63) is 51.5 Å². The molecule has 15 heavy (non-hydrogen) atoms. The number of rotatable bonds is 2. The Morgan fingerprint density at radius 1 is 1.47 bits per heavy atom. The van der Waals surface area contributed by atoms with Crippen LogP contribution in [-0.4, -0.2) is 14.5 Å². The molecular weight excluding hydrogens is 262 g/mol. The third-order valence-electron chi connectivity index (χ3n) is 1.93. The highest BCUT2D eigenvalue weighted by Gasteiger charge is 2.11. The van der Waals surface area contributed by atoms with Crippen LogP contribution in [0.5, 0.6) is 0 Å². The molecule has 6 heteroatoms. The van der Waals surface area contributed by atoms with Crippen LogP contribution in [0, 0.1) is 10.1 Å². The molecule has 0 aliphatic rings. The van der Waals surface area contributed by atoms with E-state index in [4.69, 9.17) is 0 Å². The van der Waals surface area contributed by atoms with Gasteiger partial charge in [-0.3, -0.25) is 10.1 Å². The quantitative estimate of drug-likeness (QED) is 0.621. The molecule has 2 aromatic rings. The van der Waals surface area contributed by atoms with Crippen molar-refractivity contribution in [1.29, 1.82) is 0 Å². The van der Waals surface area contributed by atoms with Crippen molar-refractivity contribution < 1.29 is 4.92 Å². The van der Waals surface area contributed by atoms with Crippen molar-refractivity contribution in [1.82, 2.24) is 9.55 Å². The summed E-state index contributed by atoms with van der Waals surface area (Å²) in [4.78, 5) is 14.0. The van der Waals surface area contributed by atoms with Crippen molar-refractivity contribution in [3.8, 4) is 5.69 Å². The second-order valence-electron chi connectivity index (χ2n) is 2.86. The van der Waals surface area contributed by atoms with Gasteiger partial charge < -0.3 is 4.57 Å². The molecule has 0 N–H and O–H groups in total. The first-order valence-electron chi connectivity index (χ1n) is 4.11. The molecule has 5 nitrogen and oxygen atoms in total. The van der Waals surface area contributed by atoms with Gasteiger partial charge in [0.2, 0.25) is 0 Å². The number of halogens is 1. The normalized spacial score (nSPS) is 10.2. The fourth-order valence-electron chi connectivity index (χ4n) is 1.22. The largest absolute Gasteiger partial charge is 0.306 e. The minimum Gasteiger partial charge on any atom is -0.306 e. The lowest BCUT2D eigenvalue weighted by Gasteiger charge is -2.02. The van der Waals surface area contributed by atoms with Crippen LogP contribution in [0.2, 0.25) is 0 Å². The Kier molecular flexibility index (Phi) is 2.51. The van der Waals surface area contributed by atoms with E-state index >= 15 is 0 Å². The number of nitro benzene ring substituents is 1. The molecule has 76 valence electrons. The summed E-state index contributed by atoms with van der Waals surface area (Å²) in [5.41, 5.74) is 0.879. The molecule has 0 fully saturated rings. The smallest absolute Gasteiger partial charge is 0.283 e. The van der Waals surface area contributed by atoms with Gasteiger partial charge in [0.1, 0.15) is 0 Å². The van der Waals surface area contributed by atoms with Crippen LogP contribution in [0.1, 0.15) is 0 Å². The topological polar surface area (TPSA) is 61.0 Å². The number of nitrogens with zero attached hydrogens (tertiary/aromatic N) is 3. The first-order chi connectivity index (χ1) is 7.18. The Bertz CT molecular complexity index is 496. The number of hydrogen-bond acceptors (Lipinski definition) is 3. The minimum atomic E-state index is -0.429. The van der Waals surface area contributed by atoms with Crippen molar-refractivity contribution >= 4 is 21.6 Å². The summed E-state index contributed by atoms with van der Waals surface area (Å²) in [6.45, 7) is 0. The van der Waals surface area contributed by atoms with Gasteiger partial charge in [0.05, 0.1) is 15.7 Å². The van der Waals surface area contributed by atoms with Gasteiger partial charge in [-0.15, -0.1) is 0 Å². The third kappa shape index (κ3) is 1.89. The van der Waals surface area contributed by atoms with Crippen LogP contribution in [-0.2, 0) is 0 Å². The first-order valence-corrected chi connectivity index (χ1v) is 4.90. The SMILES string of the molecule is O=[N+]([O-])c1ccc(-n2ccnc2)cc1Br. The zero-order chi connectivity index (χ0) is 10.8. The fourth-order valence-corrected chi connectivity index (χ4v) is 1.73. The summed E-state index contributed by atoms with van der Waals surface area (Å²) >= 11 is 3.16. The lowest BCUT2D eigenvalue weighted by molar-refractivity contribution is -0.385. The van der Waals surface area contributed by atoms with Crippen LogP contribution in [0.25, 0.3) is 5.69 Å². The van der Waals surface area contributed by atoms with Gasteiger partial charge in [0, 0.05) is 24.1 Å². The number of benzene rings is 1. The third-order valence-corrected chi connectivity index (χ3v) is 2.57. The molecule has 0 aliphatic heterocycles. The van der Waals surface area contributed by atoms with Crippen molar-refractivity contribution in [2.75, 3.05) is 0 Å². The summed E-state index contributed by atoms with van der Waals surface area (Å²) in [6, 6.07) is 4.81. The lowest BCUT2D eigenvalue weighted by atomic mass is 10.3. The number of nitro groups is 1. The van der Waals surface area contributed by atoms with E-state index in [0.717, 1.165) is 5.69 Å². The Hall–Kier alpha value is -1.69. The fraction of sp³-hybridized carbons (Fsp3) is 0. The monoisotopic (exact) mass is 267 g/mol. The van der Waals surface area contributed by atoms with Crippen LogP contribution in [0.15, 0.2) is 41.4 Å². The van der Waals surface area contributed by atoms with Gasteiger partial charge in [0.25, 0.3) is 5.69 Å². The van der Waals surface area contributed by atoms with Crippen LogP contribution in [0.4, 0.5) is 5.69 Å². The zero-order valence-corrected chi connectivity index (χ0v) is 9.09. The highest BCUT2D eigenvalue weighted by molar-refractivity contribution is 9.10. The van der Waals surface area contributed by atoms with E-state index in [0.29, 0.717) is 4.47 Å². The van der Waals surface area contributed by atoms with E-state index in [9.17, 15) is 10.1 Å². The Labute approximate surface area is 93.6 Å². The van der Waals surface area contributed by atoms with Gasteiger partial charge in [-0.05, 0) is 28.1 Å². The van der Waals surface area contributed by atoms with Crippen LogP contribution >= 0.6 is 15.9 Å². The van der Waals surface area contributed by atoms with Gasteiger partial charge in [0.15, 0.2) is 0 Å². The predicted molar refractivity (Wildman–Crippen MR) is 57.9 cm³/mol. The molecule has 1 aromatic heterocycles. The number of hydrogen-bond donors (Lipinski definition) is 0. The molecule has 1 heterocycles.